The minimum absolute atomic E-state index is 0.100. The van der Waals surface area contributed by atoms with E-state index < -0.39 is 5.41 Å². The fourth-order valence-electron chi connectivity index (χ4n) is 2.06. The number of benzene rings is 1. The van der Waals surface area contributed by atoms with Crippen LogP contribution in [0.1, 0.15) is 46.1 Å². The standard InChI is InChI=1S/C19H26N4O2S2/c1-5-6-7-13-8-10-14(11-9-13)20-15(24)12-26-18-23-22-17(27-18)21-16(25)19(2,3)4/h8-11H,5-7,12H2,1-4H3,(H,20,24)(H,21,22,25). The van der Waals surface area contributed by atoms with Crippen LogP contribution in [0.15, 0.2) is 28.6 Å². The molecular formula is C19H26N4O2S2. The molecule has 1 heterocycles. The molecule has 8 heteroatoms. The van der Waals surface area contributed by atoms with Crippen LogP contribution in [-0.2, 0) is 16.0 Å². The van der Waals surface area contributed by atoms with Gasteiger partial charge in [-0.2, -0.15) is 0 Å². The van der Waals surface area contributed by atoms with Crippen LogP contribution in [-0.4, -0.2) is 27.8 Å². The van der Waals surface area contributed by atoms with Crippen molar-refractivity contribution in [3.8, 4) is 0 Å². The average Bonchev–Trinajstić information content (AvgIpc) is 3.06. The quantitative estimate of drug-likeness (QED) is 0.494. The number of nitrogens with one attached hydrogen (secondary N) is 2. The number of thioether (sulfide) groups is 1. The molecule has 2 amide bonds. The second-order valence-corrected chi connectivity index (χ2v) is 9.41. The monoisotopic (exact) mass is 406 g/mol. The van der Waals surface area contributed by atoms with Crippen molar-refractivity contribution in [3.05, 3.63) is 29.8 Å². The van der Waals surface area contributed by atoms with Gasteiger partial charge >= 0.3 is 0 Å². The Morgan fingerprint density at radius 2 is 1.81 bits per heavy atom. The Labute approximate surface area is 168 Å². The lowest BCUT2D eigenvalue weighted by molar-refractivity contribution is -0.123. The summed E-state index contributed by atoms with van der Waals surface area (Å²) in [5.41, 5.74) is 1.57. The molecule has 6 nitrogen and oxygen atoms in total. The summed E-state index contributed by atoms with van der Waals surface area (Å²) in [7, 11) is 0. The van der Waals surface area contributed by atoms with Gasteiger partial charge in [-0.3, -0.25) is 9.59 Å². The summed E-state index contributed by atoms with van der Waals surface area (Å²) in [6, 6.07) is 7.96. The molecule has 2 aromatic rings. The normalized spacial score (nSPS) is 11.3. The van der Waals surface area contributed by atoms with Crippen LogP contribution in [0, 0.1) is 5.41 Å². The maximum absolute atomic E-state index is 12.1. The van der Waals surface area contributed by atoms with E-state index in [0.29, 0.717) is 9.47 Å². The van der Waals surface area contributed by atoms with Crippen LogP contribution in [0.25, 0.3) is 0 Å². The number of aryl methyl sites for hydroxylation is 1. The first kappa shape index (κ1) is 21.4. The fourth-order valence-corrected chi connectivity index (χ4v) is 3.61. The highest BCUT2D eigenvalue weighted by Gasteiger charge is 2.22. The van der Waals surface area contributed by atoms with E-state index in [1.54, 1.807) is 0 Å². The van der Waals surface area contributed by atoms with Gasteiger partial charge < -0.3 is 10.6 Å². The summed E-state index contributed by atoms with van der Waals surface area (Å²) < 4.78 is 0.643. The Bertz CT molecular complexity index is 767. The third kappa shape index (κ3) is 7.30. The SMILES string of the molecule is CCCCc1ccc(NC(=O)CSc2nnc(NC(=O)C(C)(C)C)s2)cc1. The highest BCUT2D eigenvalue weighted by atomic mass is 32.2. The van der Waals surface area contributed by atoms with Gasteiger partial charge in [0.25, 0.3) is 0 Å². The number of hydrogen-bond donors (Lipinski definition) is 2. The largest absolute Gasteiger partial charge is 0.325 e. The van der Waals surface area contributed by atoms with Crippen LogP contribution >= 0.6 is 23.1 Å². The molecule has 0 aliphatic carbocycles. The van der Waals surface area contributed by atoms with Crippen molar-refractivity contribution >= 4 is 45.7 Å². The number of carbonyl (C=O) groups is 2. The minimum atomic E-state index is -0.495. The first-order valence-electron chi connectivity index (χ1n) is 8.94. The highest BCUT2D eigenvalue weighted by molar-refractivity contribution is 8.01. The molecule has 0 saturated carbocycles. The fraction of sp³-hybridized carbons (Fsp3) is 0.474. The molecule has 1 aromatic heterocycles. The maximum atomic E-state index is 12.1. The van der Waals surface area contributed by atoms with E-state index in [2.05, 4.69) is 27.8 Å². The zero-order valence-electron chi connectivity index (χ0n) is 16.2. The maximum Gasteiger partial charge on any atom is 0.234 e. The third-order valence-electron chi connectivity index (χ3n) is 3.69. The number of rotatable bonds is 8. The van der Waals surface area contributed by atoms with Gasteiger partial charge in [0.15, 0.2) is 4.34 Å². The Morgan fingerprint density at radius 3 is 2.44 bits per heavy atom. The molecule has 0 aliphatic rings. The molecule has 146 valence electrons. The van der Waals surface area contributed by atoms with Gasteiger partial charge in [-0.25, -0.2) is 0 Å². The van der Waals surface area contributed by atoms with Crippen LogP contribution < -0.4 is 10.6 Å². The summed E-state index contributed by atoms with van der Waals surface area (Å²) in [6.45, 7) is 7.67. The van der Waals surface area contributed by atoms with Crippen LogP contribution in [0.4, 0.5) is 10.8 Å². The molecule has 0 fully saturated rings. The Morgan fingerprint density at radius 1 is 1.11 bits per heavy atom. The predicted molar refractivity (Wildman–Crippen MR) is 112 cm³/mol. The number of nitrogens with zero attached hydrogens (tertiary/aromatic N) is 2. The summed E-state index contributed by atoms with van der Waals surface area (Å²) in [5, 5.41) is 14.0. The average molecular weight is 407 g/mol. The van der Waals surface area contributed by atoms with E-state index in [1.165, 1.54) is 41.5 Å². The lowest BCUT2D eigenvalue weighted by Gasteiger charge is -2.15. The first-order valence-corrected chi connectivity index (χ1v) is 10.7. The molecule has 0 spiro atoms. The van der Waals surface area contributed by atoms with Gasteiger partial charge in [-0.05, 0) is 30.5 Å². The Kier molecular flexibility index (Phi) is 7.79. The molecule has 0 saturated heterocycles. The summed E-state index contributed by atoms with van der Waals surface area (Å²) in [5.74, 6) is 0.0199. The number of hydrogen-bond acceptors (Lipinski definition) is 6. The molecule has 0 atom stereocenters. The van der Waals surface area contributed by atoms with Crippen molar-refractivity contribution in [3.63, 3.8) is 0 Å². The molecule has 0 unspecified atom stereocenters. The second kappa shape index (κ2) is 9.85. The van der Waals surface area contributed by atoms with Crippen LogP contribution in [0.3, 0.4) is 0 Å². The second-order valence-electron chi connectivity index (χ2n) is 7.21. The van der Waals surface area contributed by atoms with Gasteiger partial charge in [0.05, 0.1) is 5.75 Å². The number of amides is 2. The lowest BCUT2D eigenvalue weighted by atomic mass is 9.96. The number of aromatic nitrogens is 2. The number of carbonyl (C=O) groups excluding carboxylic acids is 2. The molecule has 1 aromatic carbocycles. The van der Waals surface area contributed by atoms with Crippen molar-refractivity contribution in [2.24, 2.45) is 5.41 Å². The van der Waals surface area contributed by atoms with E-state index in [0.717, 1.165) is 12.1 Å². The summed E-state index contributed by atoms with van der Waals surface area (Å²) in [6.07, 6.45) is 3.40. The van der Waals surface area contributed by atoms with Gasteiger partial charge in [0.2, 0.25) is 16.9 Å². The zero-order chi connectivity index (χ0) is 19.9. The Hall–Kier alpha value is -1.93. The molecule has 0 bridgehead atoms. The van der Waals surface area contributed by atoms with E-state index >= 15 is 0 Å². The van der Waals surface area contributed by atoms with Gasteiger partial charge in [0.1, 0.15) is 0 Å². The van der Waals surface area contributed by atoms with Crippen molar-refractivity contribution in [1.82, 2.24) is 10.2 Å². The molecule has 2 rings (SSSR count). The van der Waals surface area contributed by atoms with Crippen LogP contribution in [0.5, 0.6) is 0 Å². The van der Waals surface area contributed by atoms with Gasteiger partial charge in [0, 0.05) is 11.1 Å². The Balaban J connectivity index is 1.79. The van der Waals surface area contributed by atoms with Crippen molar-refractivity contribution < 1.29 is 9.59 Å². The van der Waals surface area contributed by atoms with Crippen molar-refractivity contribution in [2.45, 2.75) is 51.3 Å². The predicted octanol–water partition coefficient (Wildman–Crippen LogP) is 4.60. The highest BCUT2D eigenvalue weighted by Crippen LogP contribution is 2.27. The number of unbranched alkanes of at least 4 members (excludes halogenated alkanes) is 1. The van der Waals surface area contributed by atoms with Gasteiger partial charge in [-0.1, -0.05) is 69.3 Å². The zero-order valence-corrected chi connectivity index (χ0v) is 17.8. The number of anilines is 2. The van der Waals surface area contributed by atoms with E-state index in [4.69, 9.17) is 0 Å². The summed E-state index contributed by atoms with van der Waals surface area (Å²) >= 11 is 2.56. The van der Waals surface area contributed by atoms with E-state index in [-0.39, 0.29) is 17.6 Å². The van der Waals surface area contributed by atoms with Gasteiger partial charge in [-0.15, -0.1) is 10.2 Å². The van der Waals surface area contributed by atoms with Crippen molar-refractivity contribution in [1.29, 1.82) is 0 Å². The van der Waals surface area contributed by atoms with Crippen molar-refractivity contribution in [2.75, 3.05) is 16.4 Å². The molecule has 0 radical (unpaired) electrons. The smallest absolute Gasteiger partial charge is 0.234 e. The summed E-state index contributed by atoms with van der Waals surface area (Å²) in [4.78, 5) is 24.1. The molecule has 2 N–H and O–H groups in total. The first-order chi connectivity index (χ1) is 12.8. The van der Waals surface area contributed by atoms with Crippen LogP contribution in [0.2, 0.25) is 0 Å². The van der Waals surface area contributed by atoms with E-state index in [1.807, 2.05) is 45.0 Å². The molecular weight excluding hydrogens is 380 g/mol. The van der Waals surface area contributed by atoms with E-state index in [9.17, 15) is 9.59 Å². The third-order valence-corrected chi connectivity index (χ3v) is 5.66. The lowest BCUT2D eigenvalue weighted by Crippen LogP contribution is -2.27. The topological polar surface area (TPSA) is 84.0 Å². The minimum Gasteiger partial charge on any atom is -0.325 e. The molecule has 27 heavy (non-hydrogen) atoms. The molecule has 0 aliphatic heterocycles.